The first-order valence-electron chi connectivity index (χ1n) is 23.0. The number of epoxide rings is 1. The molecule has 0 spiro atoms. The van der Waals surface area contributed by atoms with Gasteiger partial charge in [-0.15, -0.1) is 0 Å². The largest absolute Gasteiger partial charge is 0.481 e. The predicted molar refractivity (Wildman–Crippen MR) is 232 cm³/mol. The number of carboxylic acid groups (broad SMARTS) is 2. The molecule has 7 N–H and O–H groups in total. The summed E-state index contributed by atoms with van der Waals surface area (Å²) in [6, 6.07) is -1.32. The Kier molecular flexibility index (Phi) is 36.1. The minimum Gasteiger partial charge on any atom is -0.481 e. The number of hydrogen-bond acceptors (Lipinski definition) is 14. The molecule has 0 aromatic heterocycles. The monoisotopic (exact) mass is 903 g/mol. The van der Waals surface area contributed by atoms with Crippen LogP contribution in [0.2, 0.25) is 0 Å². The molecule has 1 heterocycles. The number of rotatable bonds is 45. The standard InChI is InChI=1S/C43H78N6O14/c1-44-49-34(41-43(58)63-41)18-16-17-23-45-38(52)32-61-30-29-60-27-25-47-39(53)33-62-31-28-59-26-24-46-36(50)22-21-35(42(56)57)48-37(51)19-14-12-10-8-6-4-2-3-5-7-9-11-13-15-20-40(54)55/h34-35,41,43,58H,2-33H2,1H3,(H,45,52)(H,46,50)(H,47,53)(H,48,51)(H,54,55)(H,56,57). The van der Waals surface area contributed by atoms with Gasteiger partial charge in [0.05, 0.1) is 39.6 Å². The lowest BCUT2D eigenvalue weighted by atomic mass is 10.0. The normalized spacial score (nSPS) is 15.5. The number of carboxylic acids is 2. The first-order valence-corrected chi connectivity index (χ1v) is 23.0. The Morgan fingerprint density at radius 3 is 1.48 bits per heavy atom. The van der Waals surface area contributed by atoms with Crippen LogP contribution in [0.25, 0.3) is 0 Å². The Bertz CT molecular complexity index is 1280. The third-order valence-electron chi connectivity index (χ3n) is 10.1. The van der Waals surface area contributed by atoms with Crippen LogP contribution in [0.3, 0.4) is 0 Å². The highest BCUT2D eigenvalue weighted by Crippen LogP contribution is 2.28. The zero-order chi connectivity index (χ0) is 46.2. The maximum atomic E-state index is 12.3. The van der Waals surface area contributed by atoms with Crippen molar-refractivity contribution in [3.05, 3.63) is 0 Å². The van der Waals surface area contributed by atoms with E-state index in [4.69, 9.17) is 28.8 Å². The number of amides is 4. The lowest BCUT2D eigenvalue weighted by Gasteiger charge is -2.14. The van der Waals surface area contributed by atoms with Gasteiger partial charge in [-0.05, 0) is 38.5 Å². The molecule has 0 radical (unpaired) electrons. The van der Waals surface area contributed by atoms with Crippen molar-refractivity contribution in [2.45, 2.75) is 159 Å². The van der Waals surface area contributed by atoms with Crippen LogP contribution in [0.1, 0.15) is 135 Å². The van der Waals surface area contributed by atoms with Crippen LogP contribution in [0, 0.1) is 0 Å². The van der Waals surface area contributed by atoms with Gasteiger partial charge in [-0.2, -0.15) is 10.2 Å². The molecular weight excluding hydrogens is 825 g/mol. The highest BCUT2D eigenvalue weighted by molar-refractivity contribution is 5.84. The minimum atomic E-state index is -1.18. The fourth-order valence-electron chi connectivity index (χ4n) is 6.51. The smallest absolute Gasteiger partial charge is 0.326 e. The van der Waals surface area contributed by atoms with Crippen LogP contribution >= 0.6 is 0 Å². The fraction of sp³-hybridized carbons (Fsp3) is 0.860. The number of ether oxygens (including phenoxy) is 5. The molecule has 1 rings (SSSR count). The van der Waals surface area contributed by atoms with Gasteiger partial charge >= 0.3 is 11.9 Å². The van der Waals surface area contributed by atoms with Gasteiger partial charge in [0.15, 0.2) is 6.29 Å². The summed E-state index contributed by atoms with van der Waals surface area (Å²) in [6.45, 7) is 2.04. The van der Waals surface area contributed by atoms with Gasteiger partial charge in [0.2, 0.25) is 23.6 Å². The molecule has 4 amide bonds. The number of carbonyl (C=O) groups excluding carboxylic acids is 4. The third-order valence-corrected chi connectivity index (χ3v) is 10.1. The Hall–Kier alpha value is -3.82. The zero-order valence-corrected chi connectivity index (χ0v) is 37.7. The minimum absolute atomic E-state index is 0.0278. The van der Waals surface area contributed by atoms with E-state index in [9.17, 15) is 39.0 Å². The Balaban J connectivity index is 1.89. The third kappa shape index (κ3) is 36.2. The Morgan fingerprint density at radius 1 is 0.540 bits per heavy atom. The van der Waals surface area contributed by atoms with Gasteiger partial charge in [-0.3, -0.25) is 24.0 Å². The zero-order valence-electron chi connectivity index (χ0n) is 37.7. The van der Waals surface area contributed by atoms with Crippen molar-refractivity contribution in [3.8, 4) is 0 Å². The summed E-state index contributed by atoms with van der Waals surface area (Å²) in [6.07, 6.45) is 16.7. The number of nitrogens with zero attached hydrogens (tertiary/aromatic N) is 2. The van der Waals surface area contributed by atoms with Crippen LogP contribution in [0.15, 0.2) is 10.2 Å². The van der Waals surface area contributed by atoms with E-state index in [1.165, 1.54) is 44.9 Å². The van der Waals surface area contributed by atoms with Gasteiger partial charge in [-0.25, -0.2) is 4.79 Å². The molecule has 0 bridgehead atoms. The van der Waals surface area contributed by atoms with Crippen LogP contribution < -0.4 is 21.3 Å². The number of aliphatic carboxylic acids is 2. The molecular formula is C43H78N6O14. The SMILES string of the molecule is CN=NC(CCCCNC(=O)COCCOCCNC(=O)COCCOCCNC(=O)CCC(NC(=O)CCCCCCCCCCCCCCCCC(=O)O)C(=O)O)C1OC1O. The van der Waals surface area contributed by atoms with Gasteiger partial charge in [-0.1, -0.05) is 77.0 Å². The molecule has 1 aliphatic rings. The second kappa shape index (κ2) is 39.7. The van der Waals surface area contributed by atoms with E-state index >= 15 is 0 Å². The molecule has 0 aromatic carbocycles. The van der Waals surface area contributed by atoms with E-state index in [0.29, 0.717) is 19.4 Å². The number of aliphatic hydroxyl groups is 1. The van der Waals surface area contributed by atoms with E-state index in [0.717, 1.165) is 51.4 Å². The summed E-state index contributed by atoms with van der Waals surface area (Å²) in [4.78, 5) is 70.5. The van der Waals surface area contributed by atoms with Gasteiger partial charge in [0.1, 0.15) is 31.4 Å². The van der Waals surface area contributed by atoms with Crippen molar-refractivity contribution >= 4 is 35.6 Å². The van der Waals surface area contributed by atoms with Crippen molar-refractivity contribution in [1.82, 2.24) is 21.3 Å². The van der Waals surface area contributed by atoms with Gasteiger partial charge < -0.3 is 60.3 Å². The van der Waals surface area contributed by atoms with E-state index in [1.54, 1.807) is 7.05 Å². The number of azo groups is 1. The number of nitrogens with one attached hydrogen (secondary N) is 4. The van der Waals surface area contributed by atoms with Gasteiger partial charge in [0.25, 0.3) is 0 Å². The van der Waals surface area contributed by atoms with Crippen LogP contribution in [-0.2, 0) is 52.5 Å². The summed E-state index contributed by atoms with van der Waals surface area (Å²) in [5, 5.41) is 46.0. The van der Waals surface area contributed by atoms with Gasteiger partial charge in [0, 0.05) is 45.9 Å². The molecule has 20 nitrogen and oxygen atoms in total. The lowest BCUT2D eigenvalue weighted by molar-refractivity contribution is -0.142. The summed E-state index contributed by atoms with van der Waals surface area (Å²) in [5.74, 6) is -3.13. The molecule has 1 aliphatic heterocycles. The molecule has 63 heavy (non-hydrogen) atoms. The average molecular weight is 903 g/mol. The lowest BCUT2D eigenvalue weighted by Crippen LogP contribution is -2.41. The molecule has 1 fully saturated rings. The molecule has 4 unspecified atom stereocenters. The van der Waals surface area contributed by atoms with Crippen molar-refractivity contribution < 1.29 is 67.8 Å². The van der Waals surface area contributed by atoms with Crippen molar-refractivity contribution in [2.24, 2.45) is 10.2 Å². The molecule has 0 aliphatic carbocycles. The number of hydrogen-bond donors (Lipinski definition) is 7. The molecule has 0 saturated carbocycles. The number of aliphatic hydroxyl groups excluding tert-OH is 1. The first-order chi connectivity index (χ1) is 30.5. The molecule has 20 heteroatoms. The summed E-state index contributed by atoms with van der Waals surface area (Å²) >= 11 is 0. The van der Waals surface area contributed by atoms with Crippen molar-refractivity contribution in [3.63, 3.8) is 0 Å². The van der Waals surface area contributed by atoms with E-state index in [2.05, 4.69) is 31.5 Å². The van der Waals surface area contributed by atoms with Crippen molar-refractivity contribution in [1.29, 1.82) is 0 Å². The topological polar surface area (TPSA) is 285 Å². The Morgan fingerprint density at radius 2 is 1.00 bits per heavy atom. The summed E-state index contributed by atoms with van der Waals surface area (Å²) in [7, 11) is 1.58. The van der Waals surface area contributed by atoms with E-state index in [1.807, 2.05) is 0 Å². The first kappa shape index (κ1) is 57.2. The number of unbranched alkanes of at least 4 members (excludes halogenated alkanes) is 14. The summed E-state index contributed by atoms with van der Waals surface area (Å²) in [5.41, 5.74) is 0. The fourth-order valence-corrected chi connectivity index (χ4v) is 6.51. The maximum Gasteiger partial charge on any atom is 0.326 e. The number of carbonyl (C=O) groups is 6. The second-order valence-electron chi connectivity index (χ2n) is 15.6. The molecule has 4 atom stereocenters. The second-order valence-corrected chi connectivity index (χ2v) is 15.6. The van der Waals surface area contributed by atoms with Crippen LogP contribution in [-0.4, -0.2) is 155 Å². The molecule has 1 saturated heterocycles. The highest BCUT2D eigenvalue weighted by Gasteiger charge is 2.43. The molecule has 0 aromatic rings. The molecule has 364 valence electrons. The predicted octanol–water partition coefficient (Wildman–Crippen LogP) is 3.42. The van der Waals surface area contributed by atoms with E-state index < -0.39 is 24.3 Å². The highest BCUT2D eigenvalue weighted by atomic mass is 16.7. The van der Waals surface area contributed by atoms with E-state index in [-0.39, 0.29) is 127 Å². The van der Waals surface area contributed by atoms with Crippen LogP contribution in [0.5, 0.6) is 0 Å². The maximum absolute atomic E-state index is 12.3. The quantitative estimate of drug-likeness (QED) is 0.0262. The Labute approximate surface area is 373 Å². The average Bonchev–Trinajstić information content (AvgIpc) is 3.98. The van der Waals surface area contributed by atoms with Crippen molar-refractivity contribution in [2.75, 3.05) is 79.5 Å². The van der Waals surface area contributed by atoms with Crippen LogP contribution in [0.4, 0.5) is 0 Å². The summed E-state index contributed by atoms with van der Waals surface area (Å²) < 4.78 is 26.4.